The molecule has 0 bridgehead atoms. The van der Waals surface area contributed by atoms with Gasteiger partial charge in [-0.2, -0.15) is 0 Å². The van der Waals surface area contributed by atoms with Crippen molar-refractivity contribution in [3.8, 4) is 0 Å². The van der Waals surface area contributed by atoms with Crippen LogP contribution in [0, 0.1) is 0 Å². The standard InChI is InChI=1S/C12H11N9/c1-2-14-10(13-1)8-7-9(11-15-3-4-16-11)20-21(19-8)12-17-5-6-18-12/h1-7,19H,(H,13,14)(H,15,16)(H,17,18). The van der Waals surface area contributed by atoms with Gasteiger partial charge in [0, 0.05) is 37.2 Å². The quantitative estimate of drug-likeness (QED) is 0.562. The number of aromatic nitrogens is 6. The molecule has 1 aliphatic heterocycles. The molecule has 3 aromatic rings. The largest absolute Gasteiger partial charge is 0.343 e. The number of nitrogens with zero attached hydrogens (tertiary/aromatic N) is 5. The zero-order valence-corrected chi connectivity index (χ0v) is 10.8. The summed E-state index contributed by atoms with van der Waals surface area (Å²) >= 11 is 0. The molecule has 4 N–H and O–H groups in total. The van der Waals surface area contributed by atoms with Gasteiger partial charge < -0.3 is 15.0 Å². The lowest BCUT2D eigenvalue weighted by Gasteiger charge is -2.23. The van der Waals surface area contributed by atoms with Gasteiger partial charge in [0.1, 0.15) is 11.4 Å². The topological polar surface area (TPSA) is 114 Å². The molecule has 0 aromatic carbocycles. The van der Waals surface area contributed by atoms with Gasteiger partial charge in [0.25, 0.3) is 0 Å². The number of hydrazine groups is 1. The van der Waals surface area contributed by atoms with Gasteiger partial charge in [0.15, 0.2) is 11.6 Å². The molecule has 3 aromatic heterocycles. The Kier molecular flexibility index (Phi) is 2.53. The van der Waals surface area contributed by atoms with Gasteiger partial charge in [-0.1, -0.05) is 0 Å². The van der Waals surface area contributed by atoms with Gasteiger partial charge in [-0.15, -0.1) is 10.2 Å². The van der Waals surface area contributed by atoms with Crippen molar-refractivity contribution in [3.05, 3.63) is 54.9 Å². The third-order valence-corrected chi connectivity index (χ3v) is 2.89. The van der Waals surface area contributed by atoms with Crippen LogP contribution in [0.2, 0.25) is 0 Å². The first-order chi connectivity index (χ1) is 10.4. The monoisotopic (exact) mass is 281 g/mol. The predicted molar refractivity (Wildman–Crippen MR) is 75.9 cm³/mol. The highest BCUT2D eigenvalue weighted by Crippen LogP contribution is 2.17. The third kappa shape index (κ3) is 2.06. The zero-order chi connectivity index (χ0) is 14.1. The Morgan fingerprint density at radius 1 is 0.810 bits per heavy atom. The lowest BCUT2D eigenvalue weighted by atomic mass is 10.2. The van der Waals surface area contributed by atoms with E-state index >= 15 is 0 Å². The van der Waals surface area contributed by atoms with E-state index in [2.05, 4.69) is 40.4 Å². The number of anilines is 1. The molecule has 4 heterocycles. The van der Waals surface area contributed by atoms with E-state index in [-0.39, 0.29) is 0 Å². The van der Waals surface area contributed by atoms with Crippen molar-refractivity contribution in [3.63, 3.8) is 0 Å². The first-order valence-corrected chi connectivity index (χ1v) is 6.26. The van der Waals surface area contributed by atoms with Crippen LogP contribution in [0.1, 0.15) is 11.6 Å². The summed E-state index contributed by atoms with van der Waals surface area (Å²) in [6, 6.07) is 0. The summed E-state index contributed by atoms with van der Waals surface area (Å²) in [5, 5.41) is 6.00. The van der Waals surface area contributed by atoms with Crippen LogP contribution in [-0.4, -0.2) is 35.6 Å². The molecule has 0 unspecified atom stereocenters. The van der Waals surface area contributed by atoms with E-state index in [1.807, 2.05) is 6.08 Å². The predicted octanol–water partition coefficient (Wildman–Crippen LogP) is 0.626. The van der Waals surface area contributed by atoms with Crippen LogP contribution in [0.25, 0.3) is 5.70 Å². The average molecular weight is 281 g/mol. The van der Waals surface area contributed by atoms with E-state index in [0.29, 0.717) is 23.3 Å². The summed E-state index contributed by atoms with van der Waals surface area (Å²) < 4.78 is 0. The van der Waals surface area contributed by atoms with Gasteiger partial charge in [-0.05, 0) is 6.08 Å². The minimum atomic E-state index is 0.566. The van der Waals surface area contributed by atoms with Crippen molar-refractivity contribution >= 4 is 17.4 Å². The van der Waals surface area contributed by atoms with E-state index < -0.39 is 0 Å². The molecule has 0 saturated heterocycles. The number of aromatic amines is 3. The highest BCUT2D eigenvalue weighted by atomic mass is 15.7. The van der Waals surface area contributed by atoms with E-state index in [1.165, 1.54) is 5.12 Å². The SMILES string of the molecule is C1=C(c2ncc[nH]2)NN(c2ncc[nH]2)N=C1c1ncc[nH]1. The van der Waals surface area contributed by atoms with Crippen molar-refractivity contribution in [2.24, 2.45) is 5.10 Å². The number of imidazole rings is 3. The molecule has 0 radical (unpaired) electrons. The van der Waals surface area contributed by atoms with Crippen LogP contribution in [0.3, 0.4) is 0 Å². The van der Waals surface area contributed by atoms with E-state index in [4.69, 9.17) is 0 Å². The summed E-state index contributed by atoms with van der Waals surface area (Å²) in [6.07, 6.45) is 12.1. The number of hydrogen-bond donors (Lipinski definition) is 4. The Morgan fingerprint density at radius 3 is 2.19 bits per heavy atom. The van der Waals surface area contributed by atoms with Crippen molar-refractivity contribution in [1.29, 1.82) is 0 Å². The lowest BCUT2D eigenvalue weighted by Crippen LogP contribution is -2.37. The van der Waals surface area contributed by atoms with Gasteiger partial charge in [-0.25, -0.2) is 15.0 Å². The molecule has 1 aliphatic rings. The molecule has 0 saturated carbocycles. The Bertz CT molecular complexity index is 765. The van der Waals surface area contributed by atoms with Gasteiger partial charge in [0.05, 0.1) is 0 Å². The molecule has 0 aliphatic carbocycles. The first kappa shape index (κ1) is 11.5. The molecular weight excluding hydrogens is 270 g/mol. The van der Waals surface area contributed by atoms with Gasteiger partial charge in [-0.3, -0.25) is 5.43 Å². The smallest absolute Gasteiger partial charge is 0.244 e. The fraction of sp³-hybridized carbons (Fsp3) is 0. The van der Waals surface area contributed by atoms with E-state index in [9.17, 15) is 0 Å². The number of hydrogen-bond acceptors (Lipinski definition) is 6. The fourth-order valence-corrected chi connectivity index (χ4v) is 1.97. The lowest BCUT2D eigenvalue weighted by molar-refractivity contribution is 0.752. The second-order valence-corrected chi connectivity index (χ2v) is 4.26. The highest BCUT2D eigenvalue weighted by molar-refractivity contribution is 6.10. The maximum absolute atomic E-state index is 4.46. The number of rotatable bonds is 3. The van der Waals surface area contributed by atoms with Gasteiger partial charge in [0.2, 0.25) is 5.95 Å². The number of nitrogens with one attached hydrogen (secondary N) is 4. The molecule has 4 rings (SSSR count). The second-order valence-electron chi connectivity index (χ2n) is 4.26. The molecular formula is C12H11N9. The Morgan fingerprint density at radius 2 is 1.52 bits per heavy atom. The van der Waals surface area contributed by atoms with Crippen LogP contribution in [0.5, 0.6) is 0 Å². The molecule has 0 spiro atoms. The third-order valence-electron chi connectivity index (χ3n) is 2.89. The van der Waals surface area contributed by atoms with Crippen molar-refractivity contribution in [2.45, 2.75) is 0 Å². The van der Waals surface area contributed by atoms with Crippen molar-refractivity contribution in [1.82, 2.24) is 35.3 Å². The summed E-state index contributed by atoms with van der Waals surface area (Å²) in [5.74, 6) is 1.93. The van der Waals surface area contributed by atoms with Crippen LogP contribution in [0.15, 0.2) is 48.4 Å². The minimum absolute atomic E-state index is 0.566. The van der Waals surface area contributed by atoms with E-state index in [0.717, 1.165) is 5.70 Å². The minimum Gasteiger partial charge on any atom is -0.343 e. The summed E-state index contributed by atoms with van der Waals surface area (Å²) in [5.41, 5.74) is 4.56. The molecule has 0 fully saturated rings. The number of hydrazone groups is 1. The summed E-state index contributed by atoms with van der Waals surface area (Å²) in [4.78, 5) is 21.7. The first-order valence-electron chi connectivity index (χ1n) is 6.26. The van der Waals surface area contributed by atoms with Crippen molar-refractivity contribution in [2.75, 3.05) is 5.12 Å². The summed E-state index contributed by atoms with van der Waals surface area (Å²) in [6.45, 7) is 0. The molecule has 0 amide bonds. The molecule has 104 valence electrons. The highest BCUT2D eigenvalue weighted by Gasteiger charge is 2.20. The van der Waals surface area contributed by atoms with Crippen LogP contribution < -0.4 is 10.5 Å². The summed E-state index contributed by atoms with van der Waals surface area (Å²) in [7, 11) is 0. The Balaban J connectivity index is 1.78. The molecule has 9 heteroatoms. The number of allylic oxidation sites excluding steroid dienone is 1. The molecule has 9 nitrogen and oxygen atoms in total. The van der Waals surface area contributed by atoms with E-state index in [1.54, 1.807) is 37.2 Å². The number of H-pyrrole nitrogens is 3. The second kappa shape index (κ2) is 4.63. The Hall–Kier alpha value is -3.36. The van der Waals surface area contributed by atoms with Gasteiger partial charge >= 0.3 is 0 Å². The van der Waals surface area contributed by atoms with Crippen LogP contribution in [0.4, 0.5) is 5.95 Å². The maximum atomic E-state index is 4.46. The molecule has 21 heavy (non-hydrogen) atoms. The maximum Gasteiger partial charge on any atom is 0.244 e. The Labute approximate surface area is 118 Å². The molecule has 0 atom stereocenters. The average Bonchev–Trinajstić information content (AvgIpc) is 3.29. The zero-order valence-electron chi connectivity index (χ0n) is 10.8. The van der Waals surface area contributed by atoms with Crippen LogP contribution >= 0.6 is 0 Å². The fourth-order valence-electron chi connectivity index (χ4n) is 1.97. The van der Waals surface area contributed by atoms with Crippen LogP contribution in [-0.2, 0) is 0 Å². The normalized spacial score (nSPS) is 14.6. The van der Waals surface area contributed by atoms with Crippen molar-refractivity contribution < 1.29 is 0 Å².